The van der Waals surface area contributed by atoms with E-state index in [0.717, 1.165) is 44.9 Å². The van der Waals surface area contributed by atoms with Gasteiger partial charge in [0.25, 0.3) is 0 Å². The van der Waals surface area contributed by atoms with Crippen LogP contribution in [0, 0.1) is 0 Å². The Balaban J connectivity index is 3.64. The molecule has 5 heteroatoms. The van der Waals surface area contributed by atoms with E-state index in [2.05, 4.69) is 62.5 Å². The second-order valence-corrected chi connectivity index (χ2v) is 14.4. The summed E-state index contributed by atoms with van der Waals surface area (Å²) in [5.74, 6) is -0.683. The minimum Gasteiger partial charge on any atom is -0.462 e. The van der Waals surface area contributed by atoms with E-state index in [1.54, 1.807) is 0 Å². The first-order chi connectivity index (χ1) is 25.6. The monoisotopic (exact) mass is 727 g/mol. The molecule has 0 bridgehead atoms. The average molecular weight is 727 g/mol. The van der Waals surface area contributed by atoms with Gasteiger partial charge in [0.05, 0.1) is 6.61 Å². The largest absolute Gasteiger partial charge is 0.462 e. The van der Waals surface area contributed by atoms with Crippen molar-refractivity contribution >= 4 is 11.9 Å². The summed E-state index contributed by atoms with van der Waals surface area (Å²) in [5.41, 5.74) is 0. The molecule has 52 heavy (non-hydrogen) atoms. The molecule has 0 aliphatic heterocycles. The van der Waals surface area contributed by atoms with Gasteiger partial charge in [-0.2, -0.15) is 0 Å². The number of aliphatic hydroxyl groups is 1. The molecule has 1 unspecified atom stereocenters. The second kappa shape index (κ2) is 43.0. The fourth-order valence-corrected chi connectivity index (χ4v) is 6.01. The number of unbranched alkanes of at least 4 members (excludes halogenated alkanes) is 21. The highest BCUT2D eigenvalue weighted by molar-refractivity contribution is 5.70. The maximum atomic E-state index is 12.2. The number of rotatable bonds is 39. The number of allylic oxidation sites excluding steroid dienone is 10. The zero-order chi connectivity index (χ0) is 37.8. The molecule has 0 aliphatic carbocycles. The van der Waals surface area contributed by atoms with Crippen molar-refractivity contribution in [3.05, 3.63) is 60.8 Å². The summed E-state index contributed by atoms with van der Waals surface area (Å²) >= 11 is 0. The lowest BCUT2D eigenvalue weighted by Gasteiger charge is -2.15. The molecular weight excluding hydrogens is 645 g/mol. The van der Waals surface area contributed by atoms with Gasteiger partial charge in [-0.25, -0.2) is 0 Å². The first-order valence-corrected chi connectivity index (χ1v) is 21.8. The molecule has 300 valence electrons. The Kier molecular flexibility index (Phi) is 41.0. The Morgan fingerprint density at radius 2 is 0.808 bits per heavy atom. The molecule has 0 fully saturated rings. The zero-order valence-electron chi connectivity index (χ0n) is 34.1. The van der Waals surface area contributed by atoms with E-state index in [0.29, 0.717) is 12.8 Å². The lowest BCUT2D eigenvalue weighted by Crippen LogP contribution is -2.28. The highest BCUT2D eigenvalue weighted by Gasteiger charge is 2.15. The Morgan fingerprint density at radius 3 is 1.23 bits per heavy atom. The molecule has 0 radical (unpaired) electrons. The lowest BCUT2D eigenvalue weighted by atomic mass is 10.0. The minimum atomic E-state index is -0.811. The van der Waals surface area contributed by atoms with Gasteiger partial charge in [0.2, 0.25) is 0 Å². The van der Waals surface area contributed by atoms with Gasteiger partial charge in [0.15, 0.2) is 6.10 Å². The highest BCUT2D eigenvalue weighted by atomic mass is 16.6. The zero-order valence-corrected chi connectivity index (χ0v) is 34.1. The minimum absolute atomic E-state index is 0.0951. The molecule has 0 heterocycles. The van der Waals surface area contributed by atoms with E-state index in [1.807, 2.05) is 12.2 Å². The third kappa shape index (κ3) is 40.4. The summed E-state index contributed by atoms with van der Waals surface area (Å²) in [4.78, 5) is 24.3. The number of aliphatic hydroxyl groups excluding tert-OH is 1. The lowest BCUT2D eigenvalue weighted by molar-refractivity contribution is -0.161. The first-order valence-electron chi connectivity index (χ1n) is 21.8. The molecule has 0 aromatic heterocycles. The smallest absolute Gasteiger partial charge is 0.306 e. The summed E-state index contributed by atoms with van der Waals surface area (Å²) < 4.78 is 10.6. The predicted octanol–water partition coefficient (Wildman–Crippen LogP) is 14.0. The molecule has 0 rings (SSSR count). The van der Waals surface area contributed by atoms with E-state index < -0.39 is 12.1 Å². The SMILES string of the molecule is CCCCCC=CCC=CCC=CCC=CCC=CCCC(=O)OC(CO)COC(=O)CCCCCCCCCCCCCCCCCCCCC. The van der Waals surface area contributed by atoms with E-state index in [1.165, 1.54) is 128 Å². The Labute approximate surface area is 321 Å². The molecular formula is C47H82O5. The standard InChI is InChI=1S/C47H82O5/c1-3-5-7-9-11-13-15-17-19-21-23-25-27-29-31-33-35-37-39-41-46(49)51-44-45(43-48)52-47(50)42-40-38-36-34-32-30-28-26-24-22-20-18-16-14-12-10-8-6-4-2/h12,14,18,20,24,26,30,32,36,38,45,48H,3-11,13,15-17,19,21-23,25,27-29,31,33-35,37,39-44H2,1-2H3. The van der Waals surface area contributed by atoms with Crippen LogP contribution in [0.15, 0.2) is 60.8 Å². The molecule has 1 atom stereocenters. The van der Waals surface area contributed by atoms with Gasteiger partial charge in [-0.15, -0.1) is 0 Å². The van der Waals surface area contributed by atoms with Crippen molar-refractivity contribution in [2.24, 2.45) is 0 Å². The van der Waals surface area contributed by atoms with Gasteiger partial charge in [-0.3, -0.25) is 9.59 Å². The van der Waals surface area contributed by atoms with Gasteiger partial charge in [-0.05, 0) is 51.4 Å². The second-order valence-electron chi connectivity index (χ2n) is 14.4. The molecule has 0 aromatic carbocycles. The number of esters is 2. The van der Waals surface area contributed by atoms with Crippen molar-refractivity contribution in [1.29, 1.82) is 0 Å². The Bertz CT molecular complexity index is 915. The van der Waals surface area contributed by atoms with Crippen molar-refractivity contribution < 1.29 is 24.2 Å². The normalized spacial score (nSPS) is 12.8. The van der Waals surface area contributed by atoms with Crippen LogP contribution in [-0.2, 0) is 19.1 Å². The maximum absolute atomic E-state index is 12.2. The molecule has 0 amide bonds. The van der Waals surface area contributed by atoms with Gasteiger partial charge in [0.1, 0.15) is 6.61 Å². The third-order valence-corrected chi connectivity index (χ3v) is 9.33. The summed E-state index contributed by atoms with van der Waals surface area (Å²) in [6.45, 7) is 4.06. The van der Waals surface area contributed by atoms with Crippen LogP contribution in [0.2, 0.25) is 0 Å². The average Bonchev–Trinajstić information content (AvgIpc) is 3.15. The van der Waals surface area contributed by atoms with Crippen LogP contribution in [0.1, 0.15) is 206 Å². The quantitative estimate of drug-likeness (QED) is 0.0388. The molecule has 1 N–H and O–H groups in total. The van der Waals surface area contributed by atoms with Crippen LogP contribution >= 0.6 is 0 Å². The number of hydrogen-bond donors (Lipinski definition) is 1. The molecule has 0 saturated heterocycles. The molecule has 0 aliphatic rings. The van der Waals surface area contributed by atoms with Crippen LogP contribution in [0.4, 0.5) is 0 Å². The number of carbonyl (C=O) groups is 2. The van der Waals surface area contributed by atoms with Crippen LogP contribution in [0.3, 0.4) is 0 Å². The topological polar surface area (TPSA) is 72.8 Å². The van der Waals surface area contributed by atoms with Crippen molar-refractivity contribution in [1.82, 2.24) is 0 Å². The molecule has 0 aromatic rings. The summed E-state index contributed by atoms with van der Waals surface area (Å²) in [7, 11) is 0. The fraction of sp³-hybridized carbons (Fsp3) is 0.745. The van der Waals surface area contributed by atoms with Gasteiger partial charge in [0, 0.05) is 12.8 Å². The highest BCUT2D eigenvalue weighted by Crippen LogP contribution is 2.15. The van der Waals surface area contributed by atoms with Crippen LogP contribution in [0.25, 0.3) is 0 Å². The molecule has 5 nitrogen and oxygen atoms in total. The number of ether oxygens (including phenoxy) is 2. The predicted molar refractivity (Wildman–Crippen MR) is 223 cm³/mol. The van der Waals surface area contributed by atoms with Gasteiger partial charge < -0.3 is 14.6 Å². The van der Waals surface area contributed by atoms with Crippen molar-refractivity contribution in [2.45, 2.75) is 213 Å². The number of carbonyl (C=O) groups excluding carboxylic acids is 2. The Morgan fingerprint density at radius 1 is 0.442 bits per heavy atom. The van der Waals surface area contributed by atoms with E-state index in [9.17, 15) is 14.7 Å². The Hall–Kier alpha value is -2.40. The first kappa shape index (κ1) is 49.6. The third-order valence-electron chi connectivity index (χ3n) is 9.33. The van der Waals surface area contributed by atoms with Gasteiger partial charge >= 0.3 is 11.9 Å². The van der Waals surface area contributed by atoms with Crippen molar-refractivity contribution in [2.75, 3.05) is 13.2 Å². The van der Waals surface area contributed by atoms with E-state index in [4.69, 9.17) is 9.47 Å². The van der Waals surface area contributed by atoms with Crippen molar-refractivity contribution in [3.63, 3.8) is 0 Å². The summed E-state index contributed by atoms with van der Waals surface area (Å²) in [6.07, 6.45) is 55.9. The fourth-order valence-electron chi connectivity index (χ4n) is 6.01. The molecule has 0 spiro atoms. The van der Waals surface area contributed by atoms with Crippen LogP contribution < -0.4 is 0 Å². The number of hydrogen-bond acceptors (Lipinski definition) is 5. The maximum Gasteiger partial charge on any atom is 0.306 e. The van der Waals surface area contributed by atoms with Crippen molar-refractivity contribution in [3.8, 4) is 0 Å². The summed E-state index contributed by atoms with van der Waals surface area (Å²) in [6, 6.07) is 0. The molecule has 0 saturated carbocycles. The van der Waals surface area contributed by atoms with Gasteiger partial charge in [-0.1, -0.05) is 203 Å². The van der Waals surface area contributed by atoms with E-state index in [-0.39, 0.29) is 25.6 Å². The summed E-state index contributed by atoms with van der Waals surface area (Å²) in [5, 5.41) is 9.57. The van der Waals surface area contributed by atoms with Crippen LogP contribution in [-0.4, -0.2) is 36.4 Å². The van der Waals surface area contributed by atoms with Crippen LogP contribution in [0.5, 0.6) is 0 Å². The van der Waals surface area contributed by atoms with E-state index >= 15 is 0 Å².